The number of benzene rings is 1. The maximum atomic E-state index is 13.0. The van der Waals surface area contributed by atoms with E-state index in [1.807, 2.05) is 0 Å². The molecule has 1 atom stereocenters. The number of thioether (sulfide) groups is 1. The van der Waals surface area contributed by atoms with E-state index in [1.54, 1.807) is 17.8 Å². The summed E-state index contributed by atoms with van der Waals surface area (Å²) in [6.45, 7) is 4.24. The molecule has 1 nitrogen and oxygen atoms in total. The molecule has 1 unspecified atom stereocenters. The number of anilines is 1. The third-order valence-corrected chi connectivity index (χ3v) is 3.91. The molecular weight excluding hydrogens is 265 g/mol. The maximum absolute atomic E-state index is 13.0. The van der Waals surface area contributed by atoms with E-state index >= 15 is 0 Å². The summed E-state index contributed by atoms with van der Waals surface area (Å²) in [5, 5.41) is 0.495. The molecule has 0 amide bonds. The Morgan fingerprint density at radius 3 is 2.79 bits per heavy atom. The molecular formula is C10H13BrFNS. The van der Waals surface area contributed by atoms with Crippen LogP contribution < -0.4 is 5.73 Å². The number of rotatable bonds is 3. The van der Waals surface area contributed by atoms with Crippen LogP contribution in [-0.4, -0.2) is 5.25 Å². The average molecular weight is 278 g/mol. The van der Waals surface area contributed by atoms with Crippen molar-refractivity contribution in [2.45, 2.75) is 30.4 Å². The van der Waals surface area contributed by atoms with Gasteiger partial charge in [0.15, 0.2) is 0 Å². The molecule has 1 rings (SSSR count). The highest BCUT2D eigenvalue weighted by Crippen LogP contribution is 2.33. The molecule has 0 aromatic heterocycles. The van der Waals surface area contributed by atoms with Crippen LogP contribution >= 0.6 is 27.7 Å². The molecule has 78 valence electrons. The van der Waals surface area contributed by atoms with Crippen LogP contribution in [0.15, 0.2) is 21.5 Å². The number of hydrogen-bond acceptors (Lipinski definition) is 2. The van der Waals surface area contributed by atoms with E-state index in [9.17, 15) is 4.39 Å². The van der Waals surface area contributed by atoms with Gasteiger partial charge in [-0.15, -0.1) is 11.8 Å². The minimum Gasteiger partial charge on any atom is -0.398 e. The van der Waals surface area contributed by atoms with Gasteiger partial charge in [0, 0.05) is 15.8 Å². The van der Waals surface area contributed by atoms with Crippen LogP contribution in [0.2, 0.25) is 0 Å². The van der Waals surface area contributed by atoms with Gasteiger partial charge in [0.05, 0.1) is 4.47 Å². The first-order chi connectivity index (χ1) is 6.54. The van der Waals surface area contributed by atoms with Gasteiger partial charge in [0.1, 0.15) is 5.82 Å². The predicted molar refractivity (Wildman–Crippen MR) is 64.1 cm³/mol. The van der Waals surface area contributed by atoms with Crippen molar-refractivity contribution in [2.24, 2.45) is 0 Å². The molecule has 4 heteroatoms. The van der Waals surface area contributed by atoms with Crippen molar-refractivity contribution in [1.29, 1.82) is 0 Å². The van der Waals surface area contributed by atoms with E-state index in [0.29, 0.717) is 15.4 Å². The molecule has 0 heterocycles. The Balaban J connectivity index is 2.92. The summed E-state index contributed by atoms with van der Waals surface area (Å²) in [5.41, 5.74) is 6.22. The van der Waals surface area contributed by atoms with Gasteiger partial charge in [-0.3, -0.25) is 0 Å². The zero-order valence-corrected chi connectivity index (χ0v) is 10.6. The summed E-state index contributed by atoms with van der Waals surface area (Å²) in [6, 6.07) is 3.09. The fourth-order valence-corrected chi connectivity index (χ4v) is 2.42. The second-order valence-electron chi connectivity index (χ2n) is 3.14. The van der Waals surface area contributed by atoms with Crippen LogP contribution in [0, 0.1) is 5.82 Å². The van der Waals surface area contributed by atoms with E-state index < -0.39 is 0 Å². The van der Waals surface area contributed by atoms with Gasteiger partial charge in [-0.25, -0.2) is 4.39 Å². The third-order valence-electron chi connectivity index (χ3n) is 1.96. The highest BCUT2D eigenvalue weighted by Gasteiger charge is 2.09. The lowest BCUT2D eigenvalue weighted by Crippen LogP contribution is -1.96. The molecule has 1 aromatic carbocycles. The summed E-state index contributed by atoms with van der Waals surface area (Å²) < 4.78 is 13.5. The molecule has 0 saturated heterocycles. The first-order valence-corrected chi connectivity index (χ1v) is 6.13. The highest BCUT2D eigenvalue weighted by atomic mass is 79.9. The largest absolute Gasteiger partial charge is 0.398 e. The first kappa shape index (κ1) is 11.9. The Kier molecular flexibility index (Phi) is 4.26. The Labute approximate surface area is 96.4 Å². The van der Waals surface area contributed by atoms with Gasteiger partial charge in [-0.05, 0) is 34.5 Å². The minimum absolute atomic E-state index is 0.309. The van der Waals surface area contributed by atoms with Crippen molar-refractivity contribution in [3.63, 3.8) is 0 Å². The SMILES string of the molecule is CCC(C)Sc1cc(Br)c(F)cc1N. The van der Waals surface area contributed by atoms with Crippen LogP contribution in [0.5, 0.6) is 0 Å². The van der Waals surface area contributed by atoms with Crippen LogP contribution in [0.3, 0.4) is 0 Å². The van der Waals surface area contributed by atoms with E-state index in [1.165, 1.54) is 6.07 Å². The lowest BCUT2D eigenvalue weighted by Gasteiger charge is -2.11. The van der Waals surface area contributed by atoms with E-state index in [-0.39, 0.29) is 5.82 Å². The van der Waals surface area contributed by atoms with E-state index in [0.717, 1.165) is 11.3 Å². The number of nitrogen functional groups attached to an aromatic ring is 1. The van der Waals surface area contributed by atoms with E-state index in [2.05, 4.69) is 29.8 Å². The quantitative estimate of drug-likeness (QED) is 0.666. The number of nitrogens with two attached hydrogens (primary N) is 1. The summed E-state index contributed by atoms with van der Waals surface area (Å²) in [5.74, 6) is -0.309. The minimum atomic E-state index is -0.309. The molecule has 0 saturated carbocycles. The normalized spacial score (nSPS) is 12.9. The van der Waals surface area contributed by atoms with Crippen molar-refractivity contribution in [2.75, 3.05) is 5.73 Å². The van der Waals surface area contributed by atoms with Crippen molar-refractivity contribution < 1.29 is 4.39 Å². The van der Waals surface area contributed by atoms with Gasteiger partial charge in [0.2, 0.25) is 0 Å². The maximum Gasteiger partial charge on any atom is 0.139 e. The van der Waals surface area contributed by atoms with Crippen molar-refractivity contribution in [3.8, 4) is 0 Å². The van der Waals surface area contributed by atoms with E-state index in [4.69, 9.17) is 5.73 Å². The molecule has 1 aromatic rings. The second-order valence-corrected chi connectivity index (χ2v) is 5.48. The van der Waals surface area contributed by atoms with Gasteiger partial charge in [0.25, 0.3) is 0 Å². The molecule has 0 aliphatic carbocycles. The monoisotopic (exact) mass is 277 g/mol. The third kappa shape index (κ3) is 2.89. The first-order valence-electron chi connectivity index (χ1n) is 4.45. The van der Waals surface area contributed by atoms with Gasteiger partial charge in [-0.1, -0.05) is 13.8 Å². The Morgan fingerprint density at radius 1 is 1.57 bits per heavy atom. The number of halogens is 2. The van der Waals surface area contributed by atoms with Crippen LogP contribution in [-0.2, 0) is 0 Å². The molecule has 0 radical (unpaired) electrons. The molecule has 0 aliphatic heterocycles. The number of hydrogen-bond donors (Lipinski definition) is 1. The van der Waals surface area contributed by atoms with Gasteiger partial charge in [-0.2, -0.15) is 0 Å². The van der Waals surface area contributed by atoms with Crippen LogP contribution in [0.1, 0.15) is 20.3 Å². The summed E-state index contributed by atoms with van der Waals surface area (Å²) in [7, 11) is 0. The summed E-state index contributed by atoms with van der Waals surface area (Å²) >= 11 is 4.82. The highest BCUT2D eigenvalue weighted by molar-refractivity contribution is 9.10. The standard InChI is InChI=1S/C10H13BrFNS/c1-3-6(2)14-10-4-7(11)8(12)5-9(10)13/h4-6H,3,13H2,1-2H3. The Morgan fingerprint density at radius 2 is 2.21 bits per heavy atom. The van der Waals surface area contributed by atoms with Crippen molar-refractivity contribution in [1.82, 2.24) is 0 Å². The average Bonchev–Trinajstić information content (AvgIpc) is 2.14. The van der Waals surface area contributed by atoms with Crippen LogP contribution in [0.25, 0.3) is 0 Å². The lowest BCUT2D eigenvalue weighted by molar-refractivity contribution is 0.620. The van der Waals surface area contributed by atoms with Crippen molar-refractivity contribution in [3.05, 3.63) is 22.4 Å². The zero-order chi connectivity index (χ0) is 10.7. The Hall–Kier alpha value is -0.220. The van der Waals surface area contributed by atoms with Gasteiger partial charge < -0.3 is 5.73 Å². The zero-order valence-electron chi connectivity index (χ0n) is 8.18. The predicted octanol–water partition coefficient (Wildman–Crippen LogP) is 4.06. The molecule has 0 fully saturated rings. The molecule has 0 bridgehead atoms. The molecule has 14 heavy (non-hydrogen) atoms. The molecule has 2 N–H and O–H groups in total. The fourth-order valence-electron chi connectivity index (χ4n) is 0.946. The van der Waals surface area contributed by atoms with Crippen molar-refractivity contribution >= 4 is 33.4 Å². The lowest BCUT2D eigenvalue weighted by atomic mass is 10.3. The van der Waals surface area contributed by atoms with Crippen LogP contribution in [0.4, 0.5) is 10.1 Å². The smallest absolute Gasteiger partial charge is 0.139 e. The van der Waals surface area contributed by atoms with Gasteiger partial charge >= 0.3 is 0 Å². The summed E-state index contributed by atoms with van der Waals surface area (Å²) in [6.07, 6.45) is 1.07. The molecule has 0 aliphatic rings. The topological polar surface area (TPSA) is 26.0 Å². The fraction of sp³-hybridized carbons (Fsp3) is 0.400. The Bertz CT molecular complexity index is 330. The summed E-state index contributed by atoms with van der Waals surface area (Å²) in [4.78, 5) is 0.938. The second kappa shape index (κ2) is 5.03. The molecule has 0 spiro atoms.